The summed E-state index contributed by atoms with van der Waals surface area (Å²) < 4.78 is 39.3. The van der Waals surface area contributed by atoms with Gasteiger partial charge < -0.3 is 59.1 Å². The number of likely N-dealkylation sites (N-methyl/N-ethyl adjacent to an activating group) is 3. The SMILES string of the molecule is CCN(CC)C(=O)COc1c2cc(C(=O)NCc3ccccc3)cc1COCc1cc(C(=O)NCc3ccccc3)cc(c1OCC(=O)N(CC)CC)COCc1cc(C(=O)NCc3ccccc3)cc(c1OCC(=O)N(CC)CC)COC2. The lowest BCUT2D eigenvalue weighted by atomic mass is 10.0. The highest BCUT2D eigenvalue weighted by molar-refractivity contribution is 5.96. The van der Waals surface area contributed by atoms with Crippen LogP contribution in [-0.2, 0) is 87.9 Å². The molecular formula is C66H78N6O12. The van der Waals surface area contributed by atoms with E-state index in [0.717, 1.165) is 16.7 Å². The molecule has 6 aromatic rings. The smallest absolute Gasteiger partial charge is 0.260 e. The van der Waals surface area contributed by atoms with Crippen LogP contribution in [0.1, 0.15) is 123 Å². The zero-order valence-electron chi connectivity index (χ0n) is 49.1. The summed E-state index contributed by atoms with van der Waals surface area (Å²) in [6.07, 6.45) is 0. The molecule has 0 saturated heterocycles. The van der Waals surface area contributed by atoms with Gasteiger partial charge in [0.15, 0.2) is 19.8 Å². The normalized spacial score (nSPS) is 12.4. The number of rotatable bonds is 24. The van der Waals surface area contributed by atoms with Crippen molar-refractivity contribution in [1.82, 2.24) is 30.7 Å². The minimum Gasteiger partial charge on any atom is -0.483 e. The Labute approximate surface area is 492 Å². The number of ether oxygens (including phenoxy) is 6. The van der Waals surface area contributed by atoms with Crippen LogP contribution in [0.15, 0.2) is 127 Å². The first-order valence-electron chi connectivity index (χ1n) is 28.7. The highest BCUT2D eigenvalue weighted by Crippen LogP contribution is 2.35. The largest absolute Gasteiger partial charge is 0.483 e. The molecule has 0 spiro atoms. The Kier molecular flexibility index (Phi) is 24.2. The van der Waals surface area contributed by atoms with E-state index in [0.29, 0.717) is 72.6 Å². The Bertz CT molecular complexity index is 2760. The predicted octanol–water partition coefficient (Wildman–Crippen LogP) is 8.68. The van der Waals surface area contributed by atoms with Gasteiger partial charge in [0.2, 0.25) is 0 Å². The summed E-state index contributed by atoms with van der Waals surface area (Å²) in [5.41, 5.74) is 5.75. The lowest BCUT2D eigenvalue weighted by Gasteiger charge is -2.24. The summed E-state index contributed by atoms with van der Waals surface area (Å²) in [5, 5.41) is 9.07. The van der Waals surface area contributed by atoms with Gasteiger partial charge >= 0.3 is 0 Å². The number of nitrogens with zero attached hydrogens (tertiary/aromatic N) is 3. The van der Waals surface area contributed by atoms with Gasteiger partial charge in [-0.1, -0.05) is 91.0 Å². The number of carbonyl (C=O) groups is 6. The van der Waals surface area contributed by atoms with Gasteiger partial charge in [-0.2, -0.15) is 0 Å². The number of hydrogen-bond acceptors (Lipinski definition) is 12. The summed E-state index contributed by atoms with van der Waals surface area (Å²) in [4.78, 5) is 88.9. The molecule has 0 atom stereocenters. The molecule has 18 nitrogen and oxygen atoms in total. The van der Waals surface area contributed by atoms with E-state index in [2.05, 4.69) is 16.0 Å². The molecule has 444 valence electrons. The van der Waals surface area contributed by atoms with Gasteiger partial charge in [-0.05, 0) is 94.6 Å². The Morgan fingerprint density at radius 3 is 0.774 bits per heavy atom. The molecule has 1 aliphatic rings. The van der Waals surface area contributed by atoms with Crippen LogP contribution >= 0.6 is 0 Å². The van der Waals surface area contributed by atoms with Crippen LogP contribution in [0.5, 0.6) is 17.2 Å². The van der Waals surface area contributed by atoms with E-state index >= 15 is 0 Å². The average molecular weight is 1150 g/mol. The number of nitrogens with one attached hydrogen (secondary N) is 3. The number of fused-ring (bicyclic) bond motifs is 6. The standard InChI is InChI=1S/C66H78N6O12/c1-7-70(8-2)58(73)43-82-61-52-28-49(64(76)67-34-46-22-16-13-17-23-46)29-53(61)38-80-40-55-31-51(66(78)69-36-48-26-20-15-21-27-48)33-57(63(55)84-45-60(75)72(11-5)12-6)42-81-41-56-32-50(65(77)68-35-47-24-18-14-19-25-47)30-54(39-79-37-52)62(56)83-44-59(74)71(9-3)10-4/h13-33H,7-12,34-45H2,1-6H3,(H,67,76)(H,68,77)(H,69,78). The summed E-state index contributed by atoms with van der Waals surface area (Å²) in [5.74, 6) is -1.34. The maximum absolute atomic E-state index is 14.3. The quantitative estimate of drug-likeness (QED) is 0.0521. The van der Waals surface area contributed by atoms with E-state index in [1.54, 1.807) is 51.1 Å². The van der Waals surface area contributed by atoms with Gasteiger partial charge in [0.1, 0.15) is 17.2 Å². The van der Waals surface area contributed by atoms with Crippen molar-refractivity contribution in [3.63, 3.8) is 0 Å². The Hall–Kier alpha value is -8.58. The molecule has 6 bridgehead atoms. The van der Waals surface area contributed by atoms with Crippen LogP contribution in [0.3, 0.4) is 0 Å². The maximum atomic E-state index is 14.3. The van der Waals surface area contributed by atoms with E-state index in [1.165, 1.54) is 0 Å². The van der Waals surface area contributed by atoms with Crippen LogP contribution in [0.25, 0.3) is 0 Å². The molecule has 0 aliphatic carbocycles. The molecule has 7 rings (SSSR count). The van der Waals surface area contributed by atoms with Gasteiger partial charge in [0.05, 0.1) is 39.6 Å². The number of benzene rings is 6. The number of amides is 6. The minimum atomic E-state index is -0.408. The first-order chi connectivity index (χ1) is 40.9. The average Bonchev–Trinajstić information content (AvgIpc) is 3.50. The van der Waals surface area contributed by atoms with Crippen molar-refractivity contribution in [2.45, 2.75) is 101 Å². The molecule has 0 fully saturated rings. The lowest BCUT2D eigenvalue weighted by Crippen LogP contribution is -2.34. The second kappa shape index (κ2) is 32.3. The van der Waals surface area contributed by atoms with Crippen molar-refractivity contribution in [2.24, 2.45) is 0 Å². The lowest BCUT2D eigenvalue weighted by molar-refractivity contribution is -0.133. The number of carbonyl (C=O) groups excluding carboxylic acids is 6. The molecule has 0 aromatic heterocycles. The van der Waals surface area contributed by atoms with Crippen molar-refractivity contribution < 1.29 is 57.2 Å². The fourth-order valence-electron chi connectivity index (χ4n) is 9.71. The fraction of sp³-hybridized carbons (Fsp3) is 0.364. The van der Waals surface area contributed by atoms with Crippen LogP contribution < -0.4 is 30.2 Å². The fourth-order valence-corrected chi connectivity index (χ4v) is 9.71. The van der Waals surface area contributed by atoms with Crippen molar-refractivity contribution in [3.8, 4) is 17.2 Å². The molecule has 0 unspecified atom stereocenters. The molecule has 0 radical (unpaired) electrons. The molecule has 84 heavy (non-hydrogen) atoms. The Balaban J connectivity index is 1.41. The van der Waals surface area contributed by atoms with E-state index < -0.39 is 17.7 Å². The van der Waals surface area contributed by atoms with Crippen LogP contribution in [0, 0.1) is 0 Å². The van der Waals surface area contributed by atoms with Crippen molar-refractivity contribution in [3.05, 3.63) is 194 Å². The highest BCUT2D eigenvalue weighted by atomic mass is 16.5. The van der Waals surface area contributed by atoms with Crippen LogP contribution in [-0.4, -0.2) is 109 Å². The maximum Gasteiger partial charge on any atom is 0.260 e. The van der Waals surface area contributed by atoms with Crippen LogP contribution in [0.4, 0.5) is 0 Å². The summed E-state index contributed by atoms with van der Waals surface area (Å²) in [6, 6.07) is 38.3. The van der Waals surface area contributed by atoms with Gasteiger partial charge in [-0.25, -0.2) is 0 Å². The minimum absolute atomic E-state index is 0.183. The third kappa shape index (κ3) is 17.7. The molecule has 6 aromatic carbocycles. The van der Waals surface area contributed by atoms with Crippen molar-refractivity contribution in [2.75, 3.05) is 59.1 Å². The van der Waals surface area contributed by atoms with Gasteiger partial charge in [0, 0.05) is 109 Å². The molecule has 1 heterocycles. The predicted molar refractivity (Wildman–Crippen MR) is 318 cm³/mol. The molecule has 1 aliphatic heterocycles. The first kappa shape index (κ1) is 63.0. The number of hydrogen-bond donors (Lipinski definition) is 3. The second-order valence-electron chi connectivity index (χ2n) is 19.9. The Morgan fingerprint density at radius 1 is 0.357 bits per heavy atom. The van der Waals surface area contributed by atoms with E-state index in [4.69, 9.17) is 28.4 Å². The van der Waals surface area contributed by atoms with Crippen molar-refractivity contribution >= 4 is 35.4 Å². The molecule has 18 heteroatoms. The summed E-state index contributed by atoms with van der Waals surface area (Å²) in [6.45, 7) is 12.5. The third-order valence-electron chi connectivity index (χ3n) is 14.3. The van der Waals surface area contributed by atoms with E-state index in [1.807, 2.05) is 133 Å². The van der Waals surface area contributed by atoms with Gasteiger partial charge in [0.25, 0.3) is 35.4 Å². The zero-order valence-corrected chi connectivity index (χ0v) is 49.1. The summed E-state index contributed by atoms with van der Waals surface area (Å²) >= 11 is 0. The van der Waals surface area contributed by atoms with Crippen molar-refractivity contribution in [1.29, 1.82) is 0 Å². The molecular weight excluding hydrogens is 1070 g/mol. The van der Waals surface area contributed by atoms with Crippen LogP contribution in [0.2, 0.25) is 0 Å². The van der Waals surface area contributed by atoms with E-state index in [-0.39, 0.29) is 131 Å². The molecule has 0 saturated carbocycles. The monoisotopic (exact) mass is 1150 g/mol. The second-order valence-corrected chi connectivity index (χ2v) is 19.9. The molecule has 3 N–H and O–H groups in total. The molecule has 6 amide bonds. The zero-order chi connectivity index (χ0) is 59.8. The first-order valence-corrected chi connectivity index (χ1v) is 28.7. The topological polar surface area (TPSA) is 204 Å². The van der Waals surface area contributed by atoms with Gasteiger partial charge in [-0.15, -0.1) is 0 Å². The Morgan fingerprint density at radius 2 is 0.571 bits per heavy atom. The summed E-state index contributed by atoms with van der Waals surface area (Å²) in [7, 11) is 0. The van der Waals surface area contributed by atoms with E-state index in [9.17, 15) is 28.8 Å². The highest BCUT2D eigenvalue weighted by Gasteiger charge is 2.25. The van der Waals surface area contributed by atoms with Gasteiger partial charge in [-0.3, -0.25) is 28.8 Å². The third-order valence-corrected chi connectivity index (χ3v) is 14.3.